The van der Waals surface area contributed by atoms with Crippen molar-refractivity contribution in [1.29, 1.82) is 0 Å². The first-order valence-corrected chi connectivity index (χ1v) is 6.26. The van der Waals surface area contributed by atoms with E-state index in [2.05, 4.69) is 40.1 Å². The number of benzene rings is 1. The maximum atomic E-state index is 13.0. The van der Waals surface area contributed by atoms with Gasteiger partial charge in [0.25, 0.3) is 0 Å². The molecule has 0 bridgehead atoms. The molecule has 0 aliphatic carbocycles. The molecule has 6 heteroatoms. The van der Waals surface area contributed by atoms with Crippen LogP contribution in [0.15, 0.2) is 27.7 Å². The average molecular weight is 430 g/mol. The molecule has 0 unspecified atom stereocenters. The molecule has 0 amide bonds. The van der Waals surface area contributed by atoms with E-state index in [1.165, 1.54) is 12.1 Å². The van der Waals surface area contributed by atoms with Crippen LogP contribution < -0.4 is 11.1 Å². The molecule has 18 heavy (non-hydrogen) atoms. The first-order valence-electron chi connectivity index (χ1n) is 5.46. The van der Waals surface area contributed by atoms with Gasteiger partial charge in [0.2, 0.25) is 0 Å². The third-order valence-electron chi connectivity index (χ3n) is 2.12. The topological polar surface area (TPSA) is 50.4 Å². The van der Waals surface area contributed by atoms with Gasteiger partial charge in [-0.05, 0) is 29.7 Å². The number of hydrogen-bond acceptors (Lipinski definition) is 1. The van der Waals surface area contributed by atoms with E-state index < -0.39 is 0 Å². The van der Waals surface area contributed by atoms with E-state index in [0.29, 0.717) is 18.4 Å². The zero-order valence-electron chi connectivity index (χ0n) is 10.4. The molecular formula is C12H18BrFIN3. The van der Waals surface area contributed by atoms with Crippen LogP contribution in [0.3, 0.4) is 0 Å². The molecule has 0 aliphatic heterocycles. The summed E-state index contributed by atoms with van der Waals surface area (Å²) in [6.07, 6.45) is 0. The van der Waals surface area contributed by atoms with Crippen LogP contribution >= 0.6 is 39.9 Å². The van der Waals surface area contributed by atoms with Crippen LogP contribution in [0.5, 0.6) is 0 Å². The van der Waals surface area contributed by atoms with Crippen molar-refractivity contribution in [3.05, 3.63) is 34.1 Å². The summed E-state index contributed by atoms with van der Waals surface area (Å²) in [7, 11) is 0. The van der Waals surface area contributed by atoms with E-state index in [9.17, 15) is 4.39 Å². The minimum absolute atomic E-state index is 0. The molecule has 3 nitrogen and oxygen atoms in total. The lowest BCUT2D eigenvalue weighted by molar-refractivity contribution is 0.620. The molecule has 0 radical (unpaired) electrons. The van der Waals surface area contributed by atoms with Crippen molar-refractivity contribution in [2.75, 3.05) is 6.54 Å². The summed E-state index contributed by atoms with van der Waals surface area (Å²) in [6, 6.07) is 4.51. The average Bonchev–Trinajstić information content (AvgIpc) is 2.27. The number of nitrogens with one attached hydrogen (secondary N) is 1. The van der Waals surface area contributed by atoms with E-state index in [1.54, 1.807) is 6.07 Å². The highest BCUT2D eigenvalue weighted by Crippen LogP contribution is 2.18. The Hall–Kier alpha value is -0.370. The van der Waals surface area contributed by atoms with Crippen LogP contribution in [0.2, 0.25) is 0 Å². The fourth-order valence-electron chi connectivity index (χ4n) is 1.20. The zero-order valence-corrected chi connectivity index (χ0v) is 14.3. The lowest BCUT2D eigenvalue weighted by Crippen LogP contribution is -2.34. The van der Waals surface area contributed by atoms with E-state index in [0.717, 1.165) is 16.6 Å². The molecule has 3 N–H and O–H groups in total. The normalized spacial score (nSPS) is 11.3. The Morgan fingerprint density at radius 3 is 2.78 bits per heavy atom. The van der Waals surface area contributed by atoms with Gasteiger partial charge in [-0.3, -0.25) is 0 Å². The van der Waals surface area contributed by atoms with Gasteiger partial charge in [-0.2, -0.15) is 0 Å². The summed E-state index contributed by atoms with van der Waals surface area (Å²) in [4.78, 5) is 4.15. The van der Waals surface area contributed by atoms with Gasteiger partial charge in [-0.25, -0.2) is 9.38 Å². The largest absolute Gasteiger partial charge is 0.370 e. The molecule has 102 valence electrons. The van der Waals surface area contributed by atoms with E-state index >= 15 is 0 Å². The van der Waals surface area contributed by atoms with Gasteiger partial charge in [-0.15, -0.1) is 24.0 Å². The van der Waals surface area contributed by atoms with Gasteiger partial charge in [0, 0.05) is 11.0 Å². The van der Waals surface area contributed by atoms with Crippen molar-refractivity contribution in [2.24, 2.45) is 16.6 Å². The van der Waals surface area contributed by atoms with Crippen LogP contribution in [0.25, 0.3) is 0 Å². The van der Waals surface area contributed by atoms with Gasteiger partial charge in [0.1, 0.15) is 5.82 Å². The summed E-state index contributed by atoms with van der Waals surface area (Å²) >= 11 is 3.35. The van der Waals surface area contributed by atoms with Crippen LogP contribution in [-0.2, 0) is 6.54 Å². The first-order chi connectivity index (χ1) is 7.99. The fraction of sp³-hybridized carbons (Fsp3) is 0.417. The molecular weight excluding hydrogens is 412 g/mol. The Morgan fingerprint density at radius 1 is 1.50 bits per heavy atom. The van der Waals surface area contributed by atoms with Crippen LogP contribution in [0.1, 0.15) is 19.4 Å². The van der Waals surface area contributed by atoms with Gasteiger partial charge in [0.15, 0.2) is 5.96 Å². The fourth-order valence-corrected chi connectivity index (χ4v) is 1.57. The van der Waals surface area contributed by atoms with Gasteiger partial charge in [-0.1, -0.05) is 29.8 Å². The third-order valence-corrected chi connectivity index (χ3v) is 2.89. The number of guanidine groups is 1. The van der Waals surface area contributed by atoms with Crippen molar-refractivity contribution in [2.45, 2.75) is 20.4 Å². The van der Waals surface area contributed by atoms with Gasteiger partial charge in [0.05, 0.1) is 6.54 Å². The standard InChI is InChI=1S/C12H17BrFN3.HI/c1-8(2)6-16-12(15)17-7-9-5-10(14)3-4-11(9)13;/h3-5,8H,6-7H2,1-2H3,(H3,15,16,17);1H. The molecule has 1 rings (SSSR count). The molecule has 0 fully saturated rings. The Balaban J connectivity index is 0.00000289. The molecule has 0 aliphatic rings. The molecule has 0 spiro atoms. The van der Waals surface area contributed by atoms with E-state index in [-0.39, 0.29) is 29.8 Å². The van der Waals surface area contributed by atoms with Crippen molar-refractivity contribution in [3.63, 3.8) is 0 Å². The lowest BCUT2D eigenvalue weighted by Gasteiger charge is -2.08. The number of nitrogens with two attached hydrogens (primary N) is 1. The predicted octanol–water partition coefficient (Wildman–Crippen LogP) is 3.27. The number of aliphatic imine (C=N–C) groups is 1. The Bertz CT molecular complexity index is 410. The quantitative estimate of drug-likeness (QED) is 0.438. The Labute approximate surface area is 133 Å². The molecule has 0 saturated carbocycles. The van der Waals surface area contributed by atoms with Gasteiger partial charge >= 0.3 is 0 Å². The molecule has 1 aromatic carbocycles. The minimum atomic E-state index is -0.271. The highest BCUT2D eigenvalue weighted by Gasteiger charge is 2.01. The SMILES string of the molecule is CC(C)CNC(N)=NCc1cc(F)ccc1Br.I. The van der Waals surface area contributed by atoms with Crippen LogP contribution in [0, 0.1) is 11.7 Å². The summed E-state index contributed by atoms with van der Waals surface area (Å²) < 4.78 is 13.8. The number of nitrogens with zero attached hydrogens (tertiary/aromatic N) is 1. The second-order valence-electron chi connectivity index (χ2n) is 4.21. The maximum Gasteiger partial charge on any atom is 0.188 e. The highest BCUT2D eigenvalue weighted by atomic mass is 127. The van der Waals surface area contributed by atoms with Crippen LogP contribution in [-0.4, -0.2) is 12.5 Å². The number of halogens is 3. The maximum absolute atomic E-state index is 13.0. The van der Waals surface area contributed by atoms with Crippen molar-refractivity contribution in [1.82, 2.24) is 5.32 Å². The number of rotatable bonds is 4. The Kier molecular flexibility index (Phi) is 8.51. The van der Waals surface area contributed by atoms with Gasteiger partial charge < -0.3 is 11.1 Å². The molecule has 1 aromatic rings. The third kappa shape index (κ3) is 6.53. The zero-order chi connectivity index (χ0) is 12.8. The molecule has 0 atom stereocenters. The monoisotopic (exact) mass is 429 g/mol. The number of hydrogen-bond donors (Lipinski definition) is 2. The summed E-state index contributed by atoms with van der Waals surface area (Å²) in [5, 5.41) is 3.01. The Morgan fingerprint density at radius 2 is 2.17 bits per heavy atom. The summed E-state index contributed by atoms with van der Waals surface area (Å²) in [5.74, 6) is 0.617. The van der Waals surface area contributed by atoms with E-state index in [4.69, 9.17) is 5.73 Å². The summed E-state index contributed by atoms with van der Waals surface area (Å²) in [5.41, 5.74) is 6.46. The van der Waals surface area contributed by atoms with E-state index in [1.807, 2.05) is 0 Å². The molecule has 0 heterocycles. The van der Waals surface area contributed by atoms with Crippen LogP contribution in [0.4, 0.5) is 4.39 Å². The van der Waals surface area contributed by atoms with Crippen molar-refractivity contribution in [3.8, 4) is 0 Å². The predicted molar refractivity (Wildman–Crippen MR) is 87.7 cm³/mol. The lowest BCUT2D eigenvalue weighted by atomic mass is 10.2. The minimum Gasteiger partial charge on any atom is -0.370 e. The van der Waals surface area contributed by atoms with Crippen molar-refractivity contribution < 1.29 is 4.39 Å². The smallest absolute Gasteiger partial charge is 0.188 e. The summed E-state index contributed by atoms with van der Waals surface area (Å²) in [6.45, 7) is 5.31. The second-order valence-corrected chi connectivity index (χ2v) is 5.07. The first kappa shape index (κ1) is 17.6. The highest BCUT2D eigenvalue weighted by molar-refractivity contribution is 14.0. The second kappa shape index (κ2) is 8.68. The molecule has 0 aromatic heterocycles. The molecule has 0 saturated heterocycles. The van der Waals surface area contributed by atoms with Crippen molar-refractivity contribution >= 4 is 45.9 Å².